The summed E-state index contributed by atoms with van der Waals surface area (Å²) in [5.41, 5.74) is 3.52. The lowest BCUT2D eigenvalue weighted by molar-refractivity contribution is -0.118. The lowest BCUT2D eigenvalue weighted by Crippen LogP contribution is -2.37. The Bertz CT molecular complexity index is 1120. The Labute approximate surface area is 192 Å². The number of benzene rings is 1. The van der Waals surface area contributed by atoms with Crippen LogP contribution in [-0.4, -0.2) is 77.7 Å². The first-order valence-electron chi connectivity index (χ1n) is 11.1. The van der Waals surface area contributed by atoms with Gasteiger partial charge in [-0.15, -0.1) is 0 Å². The van der Waals surface area contributed by atoms with Crippen molar-refractivity contribution in [1.82, 2.24) is 25.5 Å². The van der Waals surface area contributed by atoms with E-state index in [-0.39, 0.29) is 17.7 Å². The average molecular weight is 452 g/mol. The van der Waals surface area contributed by atoms with Gasteiger partial charge in [0.2, 0.25) is 5.91 Å². The molecule has 0 atom stereocenters. The van der Waals surface area contributed by atoms with Crippen LogP contribution < -0.4 is 10.6 Å². The van der Waals surface area contributed by atoms with Crippen LogP contribution in [0.4, 0.5) is 0 Å². The van der Waals surface area contributed by atoms with E-state index < -0.39 is 0 Å². The monoisotopic (exact) mass is 451 g/mol. The molecule has 0 saturated carbocycles. The van der Waals surface area contributed by atoms with Gasteiger partial charge < -0.3 is 25.5 Å². The predicted molar refractivity (Wildman–Crippen MR) is 125 cm³/mol. The lowest BCUT2D eigenvalue weighted by Gasteiger charge is -2.26. The molecule has 2 aromatic heterocycles. The summed E-state index contributed by atoms with van der Waals surface area (Å²) in [4.78, 5) is 33.4. The second-order valence-electron chi connectivity index (χ2n) is 8.10. The maximum atomic E-state index is 12.5. The molecular formula is C24H29N5O4. The summed E-state index contributed by atoms with van der Waals surface area (Å²) in [6.07, 6.45) is 2.74. The topological polar surface area (TPSA) is 120 Å². The molecule has 33 heavy (non-hydrogen) atoms. The molecule has 0 radical (unpaired) electrons. The second-order valence-corrected chi connectivity index (χ2v) is 8.10. The number of nitrogens with one attached hydrogen (secondary N) is 3. The Morgan fingerprint density at radius 2 is 1.94 bits per heavy atom. The number of pyridine rings is 1. The molecule has 4 N–H and O–H groups in total. The number of carbonyl (C=O) groups excluding carboxylic acids is 2. The third-order valence-electron chi connectivity index (χ3n) is 5.73. The summed E-state index contributed by atoms with van der Waals surface area (Å²) < 4.78 is 5.39. The van der Waals surface area contributed by atoms with Crippen LogP contribution in [0.2, 0.25) is 0 Å². The number of ether oxygens (including phenoxy) is 1. The maximum Gasteiger partial charge on any atom is 0.251 e. The molecule has 0 unspecified atom stereocenters. The molecule has 2 amide bonds. The van der Waals surface area contributed by atoms with Gasteiger partial charge in [-0.2, -0.15) is 0 Å². The van der Waals surface area contributed by atoms with E-state index in [2.05, 4.69) is 25.5 Å². The lowest BCUT2D eigenvalue weighted by atomic mass is 10.0. The molecule has 1 saturated heterocycles. The van der Waals surface area contributed by atoms with Crippen molar-refractivity contribution >= 4 is 22.7 Å². The van der Waals surface area contributed by atoms with E-state index in [0.29, 0.717) is 29.9 Å². The fraction of sp³-hybridized carbons (Fsp3) is 0.375. The highest BCUT2D eigenvalue weighted by Crippen LogP contribution is 2.36. The van der Waals surface area contributed by atoms with E-state index in [0.717, 1.165) is 55.7 Å². The van der Waals surface area contributed by atoms with Crippen LogP contribution in [-0.2, 0) is 16.0 Å². The fourth-order valence-electron chi connectivity index (χ4n) is 3.93. The Hall–Kier alpha value is -3.43. The minimum absolute atomic E-state index is 0.0155. The number of fused-ring (bicyclic) bond motifs is 1. The zero-order valence-corrected chi connectivity index (χ0v) is 18.7. The van der Waals surface area contributed by atoms with E-state index in [4.69, 9.17) is 4.74 Å². The second kappa shape index (κ2) is 10.5. The van der Waals surface area contributed by atoms with Crippen molar-refractivity contribution < 1.29 is 19.4 Å². The quantitative estimate of drug-likeness (QED) is 0.387. The molecule has 9 heteroatoms. The van der Waals surface area contributed by atoms with Crippen LogP contribution in [0.3, 0.4) is 0 Å². The Balaban J connectivity index is 1.47. The van der Waals surface area contributed by atoms with Gasteiger partial charge in [0, 0.05) is 62.3 Å². The van der Waals surface area contributed by atoms with E-state index in [9.17, 15) is 14.7 Å². The molecule has 1 aliphatic heterocycles. The molecule has 0 bridgehead atoms. The molecule has 174 valence electrons. The molecule has 1 aromatic carbocycles. The zero-order chi connectivity index (χ0) is 23.2. The van der Waals surface area contributed by atoms with Gasteiger partial charge in [0.05, 0.1) is 24.5 Å². The standard InChI is InChI=1S/C24H29N5O4/c1-16(30)25-7-8-26-23(31)18-3-5-20-19(14-18)22(24(32)28-20)21-4-2-17(15-27-21)6-9-29-10-12-33-13-11-29/h2-5,14-15,28,32H,6-13H2,1H3,(H,25,30)(H,26,31). The number of H-pyrrole nitrogens is 1. The predicted octanol–water partition coefficient (Wildman–Crippen LogP) is 1.68. The van der Waals surface area contributed by atoms with Crippen molar-refractivity contribution in [2.45, 2.75) is 13.3 Å². The van der Waals surface area contributed by atoms with Crippen LogP contribution in [0, 0.1) is 0 Å². The zero-order valence-electron chi connectivity index (χ0n) is 18.7. The smallest absolute Gasteiger partial charge is 0.251 e. The number of aromatic nitrogens is 2. The van der Waals surface area contributed by atoms with E-state index >= 15 is 0 Å². The van der Waals surface area contributed by atoms with Crippen LogP contribution in [0.1, 0.15) is 22.8 Å². The number of aromatic hydroxyl groups is 1. The van der Waals surface area contributed by atoms with Gasteiger partial charge in [0.15, 0.2) is 5.88 Å². The van der Waals surface area contributed by atoms with Crippen LogP contribution in [0.5, 0.6) is 5.88 Å². The van der Waals surface area contributed by atoms with Crippen LogP contribution in [0.25, 0.3) is 22.2 Å². The number of carbonyl (C=O) groups is 2. The summed E-state index contributed by atoms with van der Waals surface area (Å²) in [5.74, 6) is -0.375. The summed E-state index contributed by atoms with van der Waals surface area (Å²) >= 11 is 0. The number of rotatable bonds is 8. The third kappa shape index (κ3) is 5.68. The number of aromatic amines is 1. The number of hydrogen-bond donors (Lipinski definition) is 4. The van der Waals surface area contributed by atoms with Crippen molar-refractivity contribution in [3.8, 4) is 17.1 Å². The first-order chi connectivity index (χ1) is 16.0. The minimum atomic E-state index is -0.250. The van der Waals surface area contributed by atoms with Crippen LogP contribution >= 0.6 is 0 Å². The highest BCUT2D eigenvalue weighted by Gasteiger charge is 2.17. The van der Waals surface area contributed by atoms with Crippen molar-refractivity contribution in [2.75, 3.05) is 45.9 Å². The molecule has 4 rings (SSSR count). The normalized spacial score (nSPS) is 14.3. The molecule has 0 aliphatic carbocycles. The van der Waals surface area contributed by atoms with Crippen molar-refractivity contribution in [3.63, 3.8) is 0 Å². The van der Waals surface area contributed by atoms with Crippen molar-refractivity contribution in [3.05, 3.63) is 47.7 Å². The SMILES string of the molecule is CC(=O)NCCNC(=O)c1ccc2[nH]c(O)c(-c3ccc(CCN4CCOCC4)cn3)c2c1. The molecule has 0 spiro atoms. The van der Waals surface area contributed by atoms with Gasteiger partial charge in [-0.1, -0.05) is 6.07 Å². The Morgan fingerprint density at radius 1 is 1.15 bits per heavy atom. The highest BCUT2D eigenvalue weighted by molar-refractivity contribution is 6.03. The summed E-state index contributed by atoms with van der Waals surface area (Å²) in [7, 11) is 0. The third-order valence-corrected chi connectivity index (χ3v) is 5.73. The van der Waals surface area contributed by atoms with Gasteiger partial charge in [0.1, 0.15) is 0 Å². The molecule has 3 heterocycles. The molecular weight excluding hydrogens is 422 g/mol. The summed E-state index contributed by atoms with van der Waals surface area (Å²) in [5, 5.41) is 16.7. The number of morpholine rings is 1. The highest BCUT2D eigenvalue weighted by atomic mass is 16.5. The Kier molecular flexibility index (Phi) is 7.21. The van der Waals surface area contributed by atoms with E-state index in [1.54, 1.807) is 18.2 Å². The van der Waals surface area contributed by atoms with E-state index in [1.165, 1.54) is 6.92 Å². The molecule has 3 aromatic rings. The van der Waals surface area contributed by atoms with Crippen LogP contribution in [0.15, 0.2) is 36.5 Å². The van der Waals surface area contributed by atoms with Gasteiger partial charge in [0.25, 0.3) is 5.91 Å². The van der Waals surface area contributed by atoms with Gasteiger partial charge >= 0.3 is 0 Å². The van der Waals surface area contributed by atoms with E-state index in [1.807, 2.05) is 18.3 Å². The number of amides is 2. The Morgan fingerprint density at radius 3 is 2.67 bits per heavy atom. The van der Waals surface area contributed by atoms with Crippen molar-refractivity contribution in [1.29, 1.82) is 0 Å². The van der Waals surface area contributed by atoms with Crippen molar-refractivity contribution in [2.24, 2.45) is 0 Å². The first kappa shape index (κ1) is 22.8. The first-order valence-corrected chi connectivity index (χ1v) is 11.1. The summed E-state index contributed by atoms with van der Waals surface area (Å²) in [6, 6.07) is 9.12. The van der Waals surface area contributed by atoms with Gasteiger partial charge in [-0.3, -0.25) is 19.5 Å². The molecule has 9 nitrogen and oxygen atoms in total. The molecule has 1 fully saturated rings. The largest absolute Gasteiger partial charge is 0.494 e. The average Bonchev–Trinajstić information content (AvgIpc) is 3.16. The minimum Gasteiger partial charge on any atom is -0.494 e. The number of hydrogen-bond acceptors (Lipinski definition) is 6. The maximum absolute atomic E-state index is 12.5. The number of nitrogens with zero attached hydrogens (tertiary/aromatic N) is 2. The van der Waals surface area contributed by atoms with Gasteiger partial charge in [-0.05, 0) is 36.2 Å². The fourth-order valence-corrected chi connectivity index (χ4v) is 3.93. The molecule has 1 aliphatic rings. The summed E-state index contributed by atoms with van der Waals surface area (Å²) in [6.45, 7) is 6.56. The van der Waals surface area contributed by atoms with Gasteiger partial charge in [-0.25, -0.2) is 0 Å².